The molecule has 1 aromatic heterocycles. The standard InChI is InChI=1S/C25H36FN5O2S/c1-4-23(32)28-21-11-12-22(29-24(33)30-25-27-17(2)16-34-25)19(14-21)15-31(3)13-5-6-18-7-9-20(26)10-8-18/h7-10,16,19,21-22H,4-6,11-15H2,1-3H3,(H,28,32)(H2,27,29,30,33). The summed E-state index contributed by atoms with van der Waals surface area (Å²) in [5, 5.41) is 11.6. The van der Waals surface area contributed by atoms with Gasteiger partial charge in [0, 0.05) is 30.4 Å². The normalized spacial score (nSPS) is 20.2. The van der Waals surface area contributed by atoms with Crippen molar-refractivity contribution in [2.24, 2.45) is 5.92 Å². The molecule has 3 rings (SSSR count). The van der Waals surface area contributed by atoms with Crippen LogP contribution in [-0.2, 0) is 11.2 Å². The van der Waals surface area contributed by atoms with Gasteiger partial charge >= 0.3 is 6.03 Å². The van der Waals surface area contributed by atoms with E-state index in [1.54, 1.807) is 0 Å². The molecule has 7 nitrogen and oxygen atoms in total. The minimum absolute atomic E-state index is 0.0235. The largest absolute Gasteiger partial charge is 0.353 e. The number of halogens is 1. The summed E-state index contributed by atoms with van der Waals surface area (Å²) >= 11 is 1.41. The molecule has 0 bridgehead atoms. The molecule has 1 aliphatic rings. The number of thiazole rings is 1. The van der Waals surface area contributed by atoms with Crippen LogP contribution in [0.15, 0.2) is 29.6 Å². The highest BCUT2D eigenvalue weighted by molar-refractivity contribution is 7.13. The van der Waals surface area contributed by atoms with Crippen LogP contribution >= 0.6 is 11.3 Å². The molecular formula is C25H36FN5O2S. The minimum atomic E-state index is -0.237. The number of hydrogen-bond donors (Lipinski definition) is 3. The Hall–Kier alpha value is -2.52. The third kappa shape index (κ3) is 8.36. The van der Waals surface area contributed by atoms with Gasteiger partial charge in [-0.05, 0) is 76.2 Å². The molecule has 3 atom stereocenters. The molecule has 1 aromatic carbocycles. The van der Waals surface area contributed by atoms with E-state index >= 15 is 0 Å². The molecule has 0 radical (unpaired) electrons. The number of hydrogen-bond acceptors (Lipinski definition) is 5. The smallest absolute Gasteiger partial charge is 0.321 e. The summed E-state index contributed by atoms with van der Waals surface area (Å²) < 4.78 is 13.1. The van der Waals surface area contributed by atoms with Crippen molar-refractivity contribution in [1.29, 1.82) is 0 Å². The summed E-state index contributed by atoms with van der Waals surface area (Å²) in [6, 6.07) is 6.59. The molecule has 3 unspecified atom stereocenters. The van der Waals surface area contributed by atoms with Crippen LogP contribution in [0.2, 0.25) is 0 Å². The third-order valence-corrected chi connectivity index (χ3v) is 7.16. The van der Waals surface area contributed by atoms with Crippen molar-refractivity contribution in [3.8, 4) is 0 Å². The SMILES string of the molecule is CCC(=O)NC1CCC(NC(=O)Nc2nc(C)cs2)C(CN(C)CCCc2ccc(F)cc2)C1. The first-order valence-electron chi connectivity index (χ1n) is 12.0. The van der Waals surface area contributed by atoms with Crippen LogP contribution < -0.4 is 16.0 Å². The zero-order valence-electron chi connectivity index (χ0n) is 20.3. The fourth-order valence-corrected chi connectivity index (χ4v) is 5.21. The number of urea groups is 1. The Balaban J connectivity index is 1.54. The van der Waals surface area contributed by atoms with Crippen LogP contribution in [0, 0.1) is 18.7 Å². The summed E-state index contributed by atoms with van der Waals surface area (Å²) in [5.41, 5.74) is 2.01. The average molecular weight is 490 g/mol. The number of carbonyl (C=O) groups is 2. The van der Waals surface area contributed by atoms with Gasteiger partial charge in [-0.2, -0.15) is 0 Å². The molecule has 1 heterocycles. The molecule has 0 aliphatic heterocycles. The molecule has 1 saturated carbocycles. The number of nitrogens with one attached hydrogen (secondary N) is 3. The van der Waals surface area contributed by atoms with E-state index in [-0.39, 0.29) is 35.8 Å². The van der Waals surface area contributed by atoms with Gasteiger partial charge in [0.05, 0.1) is 5.69 Å². The first kappa shape index (κ1) is 26.1. The fourth-order valence-electron chi connectivity index (χ4n) is 4.53. The monoisotopic (exact) mass is 489 g/mol. The lowest BCUT2D eigenvalue weighted by atomic mass is 9.81. The molecule has 0 saturated heterocycles. The number of amides is 3. The molecule has 3 amide bonds. The number of carbonyl (C=O) groups excluding carboxylic acids is 2. The van der Waals surface area contributed by atoms with Crippen molar-refractivity contribution in [3.63, 3.8) is 0 Å². The first-order chi connectivity index (χ1) is 16.3. The van der Waals surface area contributed by atoms with E-state index in [1.165, 1.54) is 23.5 Å². The van der Waals surface area contributed by atoms with E-state index < -0.39 is 0 Å². The quantitative estimate of drug-likeness (QED) is 0.463. The second kappa shape index (κ2) is 12.8. The van der Waals surface area contributed by atoms with Gasteiger partial charge in [-0.25, -0.2) is 14.2 Å². The summed E-state index contributed by atoms with van der Waals surface area (Å²) in [4.78, 5) is 31.1. The molecule has 1 fully saturated rings. The lowest BCUT2D eigenvalue weighted by Gasteiger charge is -2.38. The van der Waals surface area contributed by atoms with E-state index in [9.17, 15) is 14.0 Å². The molecule has 186 valence electrons. The summed E-state index contributed by atoms with van der Waals surface area (Å²) in [5.74, 6) is 0.0747. The molecule has 0 spiro atoms. The molecule has 3 N–H and O–H groups in total. The van der Waals surface area contributed by atoms with E-state index in [1.807, 2.05) is 31.4 Å². The second-order valence-corrected chi connectivity index (χ2v) is 10.0. The van der Waals surface area contributed by atoms with Gasteiger partial charge in [0.2, 0.25) is 5.91 Å². The highest BCUT2D eigenvalue weighted by Crippen LogP contribution is 2.26. The van der Waals surface area contributed by atoms with Crippen LogP contribution in [0.5, 0.6) is 0 Å². The number of benzene rings is 1. The Morgan fingerprint density at radius 1 is 1.21 bits per heavy atom. The van der Waals surface area contributed by atoms with Crippen LogP contribution in [0.3, 0.4) is 0 Å². The highest BCUT2D eigenvalue weighted by atomic mass is 32.1. The maximum Gasteiger partial charge on any atom is 0.321 e. The van der Waals surface area contributed by atoms with Crippen molar-refractivity contribution in [2.75, 3.05) is 25.5 Å². The zero-order valence-corrected chi connectivity index (χ0v) is 21.1. The number of aromatic nitrogens is 1. The average Bonchev–Trinajstić information content (AvgIpc) is 3.21. The van der Waals surface area contributed by atoms with Gasteiger partial charge < -0.3 is 15.5 Å². The van der Waals surface area contributed by atoms with Gasteiger partial charge in [0.15, 0.2) is 5.13 Å². The van der Waals surface area contributed by atoms with Crippen molar-refractivity contribution >= 4 is 28.4 Å². The van der Waals surface area contributed by atoms with Crippen molar-refractivity contribution in [1.82, 2.24) is 20.5 Å². The number of rotatable bonds is 10. The van der Waals surface area contributed by atoms with E-state index in [0.29, 0.717) is 11.6 Å². The maximum atomic E-state index is 13.1. The first-order valence-corrected chi connectivity index (χ1v) is 12.9. The molecule has 2 aromatic rings. The predicted octanol–water partition coefficient (Wildman–Crippen LogP) is 4.34. The Kier molecular flexibility index (Phi) is 9.83. The molecular weight excluding hydrogens is 453 g/mol. The van der Waals surface area contributed by atoms with Crippen molar-refractivity contribution < 1.29 is 14.0 Å². The van der Waals surface area contributed by atoms with E-state index in [0.717, 1.165) is 56.5 Å². The summed E-state index contributed by atoms with van der Waals surface area (Å²) in [6.07, 6.45) is 4.82. The number of anilines is 1. The van der Waals surface area contributed by atoms with Gasteiger partial charge in [-0.3, -0.25) is 10.1 Å². The number of aryl methyl sites for hydroxylation is 2. The Bertz CT molecular complexity index is 936. The third-order valence-electron chi connectivity index (χ3n) is 6.29. The Morgan fingerprint density at radius 3 is 2.65 bits per heavy atom. The minimum Gasteiger partial charge on any atom is -0.353 e. The maximum absolute atomic E-state index is 13.1. The summed E-state index contributed by atoms with van der Waals surface area (Å²) in [7, 11) is 2.09. The predicted molar refractivity (Wildman–Crippen MR) is 135 cm³/mol. The second-order valence-electron chi connectivity index (χ2n) is 9.18. The fraction of sp³-hybridized carbons (Fsp3) is 0.560. The van der Waals surface area contributed by atoms with Crippen LogP contribution in [0.25, 0.3) is 0 Å². The molecule has 34 heavy (non-hydrogen) atoms. The summed E-state index contributed by atoms with van der Waals surface area (Å²) in [6.45, 7) is 5.48. The van der Waals surface area contributed by atoms with Crippen LogP contribution in [0.4, 0.5) is 14.3 Å². The van der Waals surface area contributed by atoms with Gasteiger partial charge in [0.25, 0.3) is 0 Å². The van der Waals surface area contributed by atoms with Crippen molar-refractivity contribution in [2.45, 2.75) is 64.5 Å². The lowest BCUT2D eigenvalue weighted by Crippen LogP contribution is -2.52. The highest BCUT2D eigenvalue weighted by Gasteiger charge is 2.33. The zero-order chi connectivity index (χ0) is 24.5. The molecule has 9 heteroatoms. The van der Waals surface area contributed by atoms with E-state index in [2.05, 4.69) is 32.9 Å². The van der Waals surface area contributed by atoms with Gasteiger partial charge in [-0.1, -0.05) is 19.1 Å². The van der Waals surface area contributed by atoms with E-state index in [4.69, 9.17) is 0 Å². The number of nitrogens with zero attached hydrogens (tertiary/aromatic N) is 2. The van der Waals surface area contributed by atoms with Gasteiger partial charge in [0.1, 0.15) is 5.82 Å². The van der Waals surface area contributed by atoms with Crippen LogP contribution in [-0.4, -0.2) is 54.0 Å². The topological polar surface area (TPSA) is 86.4 Å². The molecule has 1 aliphatic carbocycles. The Labute approximate surface area is 205 Å². The van der Waals surface area contributed by atoms with Crippen molar-refractivity contribution in [3.05, 3.63) is 46.7 Å². The van der Waals surface area contributed by atoms with Crippen LogP contribution in [0.1, 0.15) is 50.3 Å². The lowest BCUT2D eigenvalue weighted by molar-refractivity contribution is -0.121. The van der Waals surface area contributed by atoms with Gasteiger partial charge in [-0.15, -0.1) is 11.3 Å². The Morgan fingerprint density at radius 2 is 1.97 bits per heavy atom.